The summed E-state index contributed by atoms with van der Waals surface area (Å²) in [5, 5.41) is 0. The van der Waals surface area contributed by atoms with Gasteiger partial charge < -0.3 is 4.74 Å². The van der Waals surface area contributed by atoms with E-state index in [0.717, 1.165) is 17.8 Å². The number of rotatable bonds is 1. The SMILES string of the molecule is CC(C)(C)OC(=O)N1SOC[C@]1(C)c1ccccc1. The smallest absolute Gasteiger partial charge is 0.423 e. The van der Waals surface area contributed by atoms with Crippen LogP contribution in [0.4, 0.5) is 4.79 Å². The molecule has 1 fully saturated rings. The van der Waals surface area contributed by atoms with Crippen LogP contribution in [-0.4, -0.2) is 22.6 Å². The molecule has 0 unspecified atom stereocenters. The number of nitrogens with zero attached hydrogens (tertiary/aromatic N) is 1. The maximum atomic E-state index is 12.3. The third-order valence-electron chi connectivity index (χ3n) is 2.87. The molecule has 1 aliphatic rings. The second-order valence-corrected chi connectivity index (χ2v) is 6.50. The zero-order valence-electron chi connectivity index (χ0n) is 11.7. The van der Waals surface area contributed by atoms with Gasteiger partial charge in [0.15, 0.2) is 0 Å². The van der Waals surface area contributed by atoms with Gasteiger partial charge in [-0.05, 0) is 33.3 Å². The molecule has 2 rings (SSSR count). The van der Waals surface area contributed by atoms with E-state index >= 15 is 0 Å². The molecule has 1 saturated heterocycles. The van der Waals surface area contributed by atoms with Crippen LogP contribution < -0.4 is 0 Å². The Morgan fingerprint density at radius 2 is 2.00 bits per heavy atom. The lowest BCUT2D eigenvalue weighted by molar-refractivity contribution is 0.0277. The molecule has 104 valence electrons. The minimum absolute atomic E-state index is 0.374. The highest BCUT2D eigenvalue weighted by Gasteiger charge is 2.45. The van der Waals surface area contributed by atoms with Crippen molar-refractivity contribution in [3.05, 3.63) is 35.9 Å². The number of amides is 1. The van der Waals surface area contributed by atoms with Crippen LogP contribution in [0.5, 0.6) is 0 Å². The molecular formula is C14H19NO3S. The van der Waals surface area contributed by atoms with E-state index < -0.39 is 11.1 Å². The molecule has 4 nitrogen and oxygen atoms in total. The van der Waals surface area contributed by atoms with E-state index in [1.807, 2.05) is 58.0 Å². The fourth-order valence-electron chi connectivity index (χ4n) is 1.87. The molecular weight excluding hydrogens is 262 g/mol. The molecule has 0 bridgehead atoms. The van der Waals surface area contributed by atoms with E-state index in [-0.39, 0.29) is 6.09 Å². The summed E-state index contributed by atoms with van der Waals surface area (Å²) in [7, 11) is 0. The van der Waals surface area contributed by atoms with Gasteiger partial charge in [-0.3, -0.25) is 4.18 Å². The molecule has 19 heavy (non-hydrogen) atoms. The summed E-state index contributed by atoms with van der Waals surface area (Å²) in [5.41, 5.74) is 0.0115. The molecule has 0 spiro atoms. The lowest BCUT2D eigenvalue weighted by Gasteiger charge is -2.33. The van der Waals surface area contributed by atoms with Crippen molar-refractivity contribution in [2.24, 2.45) is 0 Å². The number of hydrogen-bond donors (Lipinski definition) is 0. The standard InChI is InChI=1S/C14H19NO3S/c1-13(2,3)18-12(16)15-14(4,10-17-19-15)11-8-6-5-7-9-11/h5-9H,10H2,1-4H3/t14-/m1/s1. The van der Waals surface area contributed by atoms with Crippen molar-refractivity contribution in [3.63, 3.8) is 0 Å². The second-order valence-electron chi connectivity index (χ2n) is 5.75. The fourth-order valence-corrected chi connectivity index (χ4v) is 2.68. The topological polar surface area (TPSA) is 38.8 Å². The molecule has 1 amide bonds. The summed E-state index contributed by atoms with van der Waals surface area (Å²) in [4.78, 5) is 12.3. The maximum Gasteiger partial charge on any atom is 0.423 e. The van der Waals surface area contributed by atoms with Crippen molar-refractivity contribution in [1.29, 1.82) is 0 Å². The highest BCUT2D eigenvalue weighted by atomic mass is 32.2. The Morgan fingerprint density at radius 1 is 1.37 bits per heavy atom. The van der Waals surface area contributed by atoms with Gasteiger partial charge in [0.1, 0.15) is 23.4 Å². The number of carbonyl (C=O) groups excluding carboxylic acids is 1. The Hall–Kier alpha value is -1.20. The van der Waals surface area contributed by atoms with Crippen LogP contribution in [0.15, 0.2) is 30.3 Å². The summed E-state index contributed by atoms with van der Waals surface area (Å²) in [6.45, 7) is 7.98. The van der Waals surface area contributed by atoms with Gasteiger partial charge in [0.25, 0.3) is 0 Å². The minimum atomic E-state index is -0.516. The van der Waals surface area contributed by atoms with E-state index in [9.17, 15) is 4.79 Å². The van der Waals surface area contributed by atoms with Crippen LogP contribution >= 0.6 is 12.2 Å². The van der Waals surface area contributed by atoms with E-state index in [4.69, 9.17) is 8.92 Å². The van der Waals surface area contributed by atoms with Crippen molar-refractivity contribution in [3.8, 4) is 0 Å². The van der Waals surface area contributed by atoms with Crippen LogP contribution in [0.3, 0.4) is 0 Å². The third kappa shape index (κ3) is 3.04. The number of hydrogen-bond acceptors (Lipinski definition) is 4. The second kappa shape index (κ2) is 5.06. The molecule has 0 aliphatic carbocycles. The zero-order valence-corrected chi connectivity index (χ0v) is 12.5. The lowest BCUT2D eigenvalue weighted by atomic mass is 9.93. The first-order valence-corrected chi connectivity index (χ1v) is 6.91. The first kappa shape index (κ1) is 14.2. The number of benzene rings is 1. The zero-order chi connectivity index (χ0) is 14.1. The van der Waals surface area contributed by atoms with Crippen molar-refractivity contribution in [2.75, 3.05) is 6.61 Å². The number of ether oxygens (including phenoxy) is 1. The first-order valence-electron chi connectivity index (χ1n) is 6.21. The molecule has 1 aromatic rings. The molecule has 0 N–H and O–H groups in total. The summed E-state index contributed by atoms with van der Waals surface area (Å²) in [6, 6.07) is 9.85. The normalized spacial score (nSPS) is 23.5. The third-order valence-corrected chi connectivity index (χ3v) is 3.79. The molecule has 1 aliphatic heterocycles. The van der Waals surface area contributed by atoms with Crippen LogP contribution in [-0.2, 0) is 14.5 Å². The average molecular weight is 281 g/mol. The predicted octanol–water partition coefficient (Wildman–Crippen LogP) is 3.73. The number of carbonyl (C=O) groups is 1. The van der Waals surface area contributed by atoms with E-state index in [2.05, 4.69) is 0 Å². The van der Waals surface area contributed by atoms with E-state index in [1.54, 1.807) is 4.31 Å². The van der Waals surface area contributed by atoms with Gasteiger partial charge >= 0.3 is 6.09 Å². The van der Waals surface area contributed by atoms with Gasteiger partial charge in [0.05, 0.1) is 6.61 Å². The predicted molar refractivity (Wildman–Crippen MR) is 75.4 cm³/mol. The highest BCUT2D eigenvalue weighted by Crippen LogP contribution is 2.42. The van der Waals surface area contributed by atoms with Crippen LogP contribution in [0, 0.1) is 0 Å². The van der Waals surface area contributed by atoms with Crippen LogP contribution in [0.25, 0.3) is 0 Å². The van der Waals surface area contributed by atoms with Crippen LogP contribution in [0.1, 0.15) is 33.3 Å². The van der Waals surface area contributed by atoms with Gasteiger partial charge in [-0.1, -0.05) is 30.3 Å². The van der Waals surface area contributed by atoms with Gasteiger partial charge in [-0.25, -0.2) is 9.10 Å². The van der Waals surface area contributed by atoms with E-state index in [1.165, 1.54) is 0 Å². The van der Waals surface area contributed by atoms with E-state index in [0.29, 0.717) is 6.61 Å². The quantitative estimate of drug-likeness (QED) is 0.581. The summed E-state index contributed by atoms with van der Waals surface area (Å²) in [5.74, 6) is 0. The molecule has 1 heterocycles. The molecule has 0 saturated carbocycles. The Morgan fingerprint density at radius 3 is 2.58 bits per heavy atom. The van der Waals surface area contributed by atoms with Crippen molar-refractivity contribution in [2.45, 2.75) is 38.8 Å². The Labute approximate surface area is 118 Å². The molecule has 0 radical (unpaired) electrons. The highest BCUT2D eigenvalue weighted by molar-refractivity contribution is 7.93. The minimum Gasteiger partial charge on any atom is -0.443 e. The monoisotopic (exact) mass is 281 g/mol. The molecule has 1 aromatic carbocycles. The summed E-state index contributed by atoms with van der Waals surface area (Å²) < 4.78 is 12.4. The molecule has 1 atom stereocenters. The van der Waals surface area contributed by atoms with Crippen LogP contribution in [0.2, 0.25) is 0 Å². The van der Waals surface area contributed by atoms with Crippen molar-refractivity contribution < 1.29 is 13.7 Å². The summed E-state index contributed by atoms with van der Waals surface area (Å²) >= 11 is 1.05. The van der Waals surface area contributed by atoms with Gasteiger partial charge in [-0.2, -0.15) is 0 Å². The maximum absolute atomic E-state index is 12.3. The molecule has 0 aromatic heterocycles. The Kier molecular flexibility index (Phi) is 3.78. The Balaban J connectivity index is 2.24. The van der Waals surface area contributed by atoms with Crippen molar-refractivity contribution >= 4 is 18.3 Å². The average Bonchev–Trinajstić information content (AvgIpc) is 2.72. The largest absolute Gasteiger partial charge is 0.443 e. The lowest BCUT2D eigenvalue weighted by Crippen LogP contribution is -2.43. The first-order chi connectivity index (χ1) is 8.83. The van der Waals surface area contributed by atoms with Gasteiger partial charge in [-0.15, -0.1) is 0 Å². The molecule has 5 heteroatoms. The fraction of sp³-hybridized carbons (Fsp3) is 0.500. The summed E-state index contributed by atoms with van der Waals surface area (Å²) in [6.07, 6.45) is -0.374. The van der Waals surface area contributed by atoms with Crippen molar-refractivity contribution in [1.82, 2.24) is 4.31 Å². The van der Waals surface area contributed by atoms with Gasteiger partial charge in [0.2, 0.25) is 0 Å². The van der Waals surface area contributed by atoms with Gasteiger partial charge in [0, 0.05) is 0 Å². The Bertz CT molecular complexity index is 458.